The summed E-state index contributed by atoms with van der Waals surface area (Å²) in [5.41, 5.74) is 5.01. The molecule has 0 saturated heterocycles. The molecule has 5 heteroatoms. The van der Waals surface area contributed by atoms with Gasteiger partial charge in [-0.05, 0) is 18.2 Å². The van der Waals surface area contributed by atoms with Gasteiger partial charge in [-0.25, -0.2) is 15.3 Å². The quantitative estimate of drug-likeness (QED) is 0.783. The first-order valence-corrected chi connectivity index (χ1v) is 5.01. The fraction of sp³-hybridized carbons (Fsp3) is 0. The summed E-state index contributed by atoms with van der Waals surface area (Å²) in [6.07, 6.45) is 3.25. The summed E-state index contributed by atoms with van der Waals surface area (Å²) in [5, 5.41) is 9.82. The summed E-state index contributed by atoms with van der Waals surface area (Å²) < 4.78 is 0. The van der Waals surface area contributed by atoms with Gasteiger partial charge in [0.1, 0.15) is 12.0 Å². The molecule has 0 amide bonds. The van der Waals surface area contributed by atoms with Crippen LogP contribution < -0.4 is 5.48 Å². The second-order valence-corrected chi connectivity index (χ2v) is 3.62. The van der Waals surface area contributed by atoms with Crippen LogP contribution in [-0.4, -0.2) is 16.1 Å². The first-order chi connectivity index (χ1) is 8.25. The lowest BCUT2D eigenvalue weighted by Gasteiger charge is -2.14. The van der Waals surface area contributed by atoms with Crippen LogP contribution in [0.15, 0.2) is 30.5 Å². The average Bonchev–Trinajstić information content (AvgIpc) is 2.38. The van der Waals surface area contributed by atoms with Crippen molar-refractivity contribution in [2.45, 2.75) is 0 Å². The van der Waals surface area contributed by atoms with E-state index in [1.165, 1.54) is 12.3 Å². The molecule has 0 atom stereocenters. The number of aromatic nitrogens is 1. The maximum Gasteiger partial charge on any atom is 0.354 e. The number of rotatable bonds is 1. The highest BCUT2D eigenvalue weighted by atomic mass is 16.6. The van der Waals surface area contributed by atoms with Crippen molar-refractivity contribution in [2.75, 3.05) is 5.48 Å². The van der Waals surface area contributed by atoms with Crippen LogP contribution >= 0.6 is 0 Å². The molecule has 17 heavy (non-hydrogen) atoms. The molecule has 0 saturated carbocycles. The molecule has 2 heterocycles. The van der Waals surface area contributed by atoms with Crippen molar-refractivity contribution < 1.29 is 14.7 Å². The van der Waals surface area contributed by atoms with E-state index in [0.717, 1.165) is 16.6 Å². The number of carboxylic acid groups (broad SMARTS) is 1. The van der Waals surface area contributed by atoms with Crippen molar-refractivity contribution in [3.05, 3.63) is 41.8 Å². The molecule has 0 unspecified atom stereocenters. The van der Waals surface area contributed by atoms with Crippen molar-refractivity contribution >= 4 is 28.6 Å². The predicted octanol–water partition coefficient (Wildman–Crippen LogP) is 2.26. The lowest BCUT2D eigenvalue weighted by molar-refractivity contribution is 0.0691. The van der Waals surface area contributed by atoms with Gasteiger partial charge in [0.15, 0.2) is 0 Å². The predicted molar refractivity (Wildman–Crippen MR) is 62.4 cm³/mol. The van der Waals surface area contributed by atoms with Gasteiger partial charge in [-0.3, -0.25) is 0 Å². The van der Waals surface area contributed by atoms with Crippen LogP contribution in [-0.2, 0) is 4.84 Å². The number of carboxylic acids is 1. The Morgan fingerprint density at radius 3 is 2.94 bits per heavy atom. The lowest BCUT2D eigenvalue weighted by Crippen LogP contribution is -2.05. The Morgan fingerprint density at radius 2 is 2.12 bits per heavy atom. The number of hydrogen-bond acceptors (Lipinski definition) is 4. The van der Waals surface area contributed by atoms with E-state index in [1.54, 1.807) is 12.1 Å². The van der Waals surface area contributed by atoms with Gasteiger partial charge in [-0.1, -0.05) is 12.1 Å². The summed E-state index contributed by atoms with van der Waals surface area (Å²) in [6.45, 7) is 0. The van der Waals surface area contributed by atoms with E-state index in [9.17, 15) is 4.79 Å². The molecular formula is C12H8N2O3. The Balaban J connectivity index is 2.33. The maximum atomic E-state index is 10.9. The average molecular weight is 228 g/mol. The smallest absolute Gasteiger partial charge is 0.354 e. The number of benzene rings is 1. The first kappa shape index (κ1) is 9.65. The molecule has 1 aromatic heterocycles. The molecule has 5 nitrogen and oxygen atoms in total. The largest absolute Gasteiger partial charge is 0.477 e. The molecule has 0 fully saturated rings. The Morgan fingerprint density at radius 1 is 1.29 bits per heavy atom. The van der Waals surface area contributed by atoms with Crippen molar-refractivity contribution in [3.8, 4) is 0 Å². The Labute approximate surface area is 96.3 Å². The van der Waals surface area contributed by atoms with E-state index >= 15 is 0 Å². The third kappa shape index (κ3) is 1.48. The van der Waals surface area contributed by atoms with E-state index in [0.29, 0.717) is 5.52 Å². The standard InChI is InChI=1S/C12H8N2O3/c15-12(16)10-4-2-7-1-3-9-8(11(7)13-10)5-6-17-14-9/h1-6,14H,(H,15,16). The van der Waals surface area contributed by atoms with Crippen LogP contribution in [0, 0.1) is 0 Å². The first-order valence-electron chi connectivity index (χ1n) is 5.01. The molecule has 0 aliphatic carbocycles. The van der Waals surface area contributed by atoms with E-state index in [4.69, 9.17) is 9.94 Å². The van der Waals surface area contributed by atoms with E-state index < -0.39 is 5.97 Å². The van der Waals surface area contributed by atoms with Crippen molar-refractivity contribution in [3.63, 3.8) is 0 Å². The molecule has 0 bridgehead atoms. The molecular weight excluding hydrogens is 220 g/mol. The zero-order chi connectivity index (χ0) is 11.8. The molecule has 1 aliphatic rings. The van der Waals surface area contributed by atoms with Gasteiger partial charge in [-0.2, -0.15) is 0 Å². The molecule has 2 aromatic rings. The van der Waals surface area contributed by atoms with Gasteiger partial charge < -0.3 is 9.94 Å². The number of aromatic carboxylic acids is 1. The summed E-state index contributed by atoms with van der Waals surface area (Å²) in [7, 11) is 0. The Hall–Kier alpha value is -2.56. The van der Waals surface area contributed by atoms with Crippen LogP contribution in [0.5, 0.6) is 0 Å². The van der Waals surface area contributed by atoms with Crippen LogP contribution in [0.25, 0.3) is 17.0 Å². The summed E-state index contributed by atoms with van der Waals surface area (Å²) in [6, 6.07) is 6.97. The molecule has 0 radical (unpaired) electrons. The van der Waals surface area contributed by atoms with E-state index in [-0.39, 0.29) is 5.69 Å². The normalized spacial score (nSPS) is 12.7. The number of fused-ring (bicyclic) bond motifs is 3. The topological polar surface area (TPSA) is 71.5 Å². The van der Waals surface area contributed by atoms with Gasteiger partial charge in [0.2, 0.25) is 0 Å². The summed E-state index contributed by atoms with van der Waals surface area (Å²) in [4.78, 5) is 20.0. The zero-order valence-electron chi connectivity index (χ0n) is 8.68. The van der Waals surface area contributed by atoms with Gasteiger partial charge in [-0.15, -0.1) is 0 Å². The SMILES string of the molecule is O=C(O)c1ccc2ccc3c(c2n1)C=CON3. The van der Waals surface area contributed by atoms with Crippen LogP contribution in [0.2, 0.25) is 0 Å². The van der Waals surface area contributed by atoms with Crippen LogP contribution in [0.4, 0.5) is 5.69 Å². The highest BCUT2D eigenvalue weighted by Crippen LogP contribution is 2.28. The minimum atomic E-state index is -1.03. The van der Waals surface area contributed by atoms with Gasteiger partial charge >= 0.3 is 5.97 Å². The Kier molecular flexibility index (Phi) is 1.98. The van der Waals surface area contributed by atoms with Crippen molar-refractivity contribution in [1.29, 1.82) is 0 Å². The molecule has 84 valence electrons. The van der Waals surface area contributed by atoms with E-state index in [1.807, 2.05) is 12.1 Å². The van der Waals surface area contributed by atoms with E-state index in [2.05, 4.69) is 10.5 Å². The number of nitrogens with zero attached hydrogens (tertiary/aromatic N) is 1. The number of nitrogens with one attached hydrogen (secondary N) is 1. The highest BCUT2D eigenvalue weighted by molar-refractivity contribution is 5.96. The van der Waals surface area contributed by atoms with Crippen molar-refractivity contribution in [2.24, 2.45) is 0 Å². The van der Waals surface area contributed by atoms with Gasteiger partial charge in [0.05, 0.1) is 11.2 Å². The molecule has 1 aliphatic heterocycles. The van der Waals surface area contributed by atoms with Crippen LogP contribution in [0.1, 0.15) is 16.1 Å². The minimum absolute atomic E-state index is 0.0331. The number of anilines is 1. The van der Waals surface area contributed by atoms with Gasteiger partial charge in [0, 0.05) is 10.9 Å². The van der Waals surface area contributed by atoms with Crippen LogP contribution in [0.3, 0.4) is 0 Å². The maximum absolute atomic E-state index is 10.9. The zero-order valence-corrected chi connectivity index (χ0v) is 8.68. The summed E-state index contributed by atoms with van der Waals surface area (Å²) in [5.74, 6) is -1.03. The summed E-state index contributed by atoms with van der Waals surface area (Å²) >= 11 is 0. The number of hydrogen-bond donors (Lipinski definition) is 2. The second kappa shape index (κ2) is 3.48. The van der Waals surface area contributed by atoms with Crippen molar-refractivity contribution in [1.82, 2.24) is 4.98 Å². The third-order valence-corrected chi connectivity index (χ3v) is 2.59. The second-order valence-electron chi connectivity index (χ2n) is 3.62. The molecule has 0 spiro atoms. The molecule has 3 rings (SSSR count). The lowest BCUT2D eigenvalue weighted by atomic mass is 10.1. The molecule has 2 N–H and O–H groups in total. The Bertz CT molecular complexity index is 649. The monoisotopic (exact) mass is 228 g/mol. The van der Waals surface area contributed by atoms with Gasteiger partial charge in [0.25, 0.3) is 0 Å². The number of carbonyl (C=O) groups is 1. The molecule has 1 aromatic carbocycles. The fourth-order valence-electron chi connectivity index (χ4n) is 1.79. The highest BCUT2D eigenvalue weighted by Gasteiger charge is 2.12. The third-order valence-electron chi connectivity index (χ3n) is 2.59. The minimum Gasteiger partial charge on any atom is -0.477 e. The fourth-order valence-corrected chi connectivity index (χ4v) is 1.79. The number of pyridine rings is 1.